The van der Waals surface area contributed by atoms with Gasteiger partial charge in [0.05, 0.1) is 0 Å². The van der Waals surface area contributed by atoms with Crippen LogP contribution in [0, 0.1) is 0 Å². The van der Waals surface area contributed by atoms with Gasteiger partial charge in [-0.05, 0) is 30.4 Å². The lowest BCUT2D eigenvalue weighted by Crippen LogP contribution is -2.05. The smallest absolute Gasteiger partial charge is 0.153 e. The number of allylic oxidation sites excluding steroid dienone is 2. The summed E-state index contributed by atoms with van der Waals surface area (Å²) in [6, 6.07) is 3.76. The van der Waals surface area contributed by atoms with Crippen molar-refractivity contribution >= 4 is 12.3 Å². The van der Waals surface area contributed by atoms with Crippen LogP contribution in [-0.4, -0.2) is 11.2 Å². The highest BCUT2D eigenvalue weighted by atomic mass is 16.5. The van der Waals surface area contributed by atoms with Crippen molar-refractivity contribution in [2.24, 2.45) is 4.99 Å². The maximum absolute atomic E-state index is 5.70. The molecule has 1 aromatic rings. The van der Waals surface area contributed by atoms with Gasteiger partial charge in [0.1, 0.15) is 11.5 Å². The number of rotatable bonds is 0. The topological polar surface area (TPSA) is 34.5 Å². The van der Waals surface area contributed by atoms with Crippen molar-refractivity contribution in [3.8, 4) is 5.75 Å². The Morgan fingerprint density at radius 3 is 3.27 bits per heavy atom. The van der Waals surface area contributed by atoms with Gasteiger partial charge in [-0.3, -0.25) is 9.98 Å². The number of hydrogen-bond donors (Lipinski definition) is 0. The molecule has 0 aliphatic carbocycles. The maximum Gasteiger partial charge on any atom is 0.153 e. The lowest BCUT2D eigenvalue weighted by Gasteiger charge is -2.16. The SMILES string of the molecule is C1=CC2=Cc3ncccc3OC2=CC=N1. The van der Waals surface area contributed by atoms with Gasteiger partial charge in [0.2, 0.25) is 0 Å². The van der Waals surface area contributed by atoms with Crippen LogP contribution in [0.2, 0.25) is 0 Å². The first kappa shape index (κ1) is 8.17. The third-order valence-electron chi connectivity index (χ3n) is 2.25. The molecule has 3 heteroatoms. The lowest BCUT2D eigenvalue weighted by atomic mass is 10.1. The van der Waals surface area contributed by atoms with Crippen LogP contribution in [-0.2, 0) is 0 Å². The molecule has 3 rings (SSSR count). The molecule has 0 aromatic carbocycles. The van der Waals surface area contributed by atoms with E-state index in [4.69, 9.17) is 4.74 Å². The van der Waals surface area contributed by atoms with Crippen molar-refractivity contribution in [2.45, 2.75) is 0 Å². The molecule has 3 heterocycles. The van der Waals surface area contributed by atoms with E-state index in [-0.39, 0.29) is 0 Å². The molecule has 0 saturated heterocycles. The minimum absolute atomic E-state index is 0.788. The van der Waals surface area contributed by atoms with Crippen molar-refractivity contribution in [2.75, 3.05) is 0 Å². The van der Waals surface area contributed by atoms with E-state index in [0.29, 0.717) is 0 Å². The van der Waals surface area contributed by atoms with Gasteiger partial charge < -0.3 is 4.74 Å². The molecular formula is C12H8N2O. The molecule has 0 radical (unpaired) electrons. The van der Waals surface area contributed by atoms with Crippen LogP contribution in [0.15, 0.2) is 53.0 Å². The Morgan fingerprint density at radius 2 is 2.27 bits per heavy atom. The molecule has 1 aromatic heterocycles. The van der Waals surface area contributed by atoms with Crippen molar-refractivity contribution in [3.63, 3.8) is 0 Å². The molecule has 0 atom stereocenters. The minimum Gasteiger partial charge on any atom is -0.454 e. The van der Waals surface area contributed by atoms with Gasteiger partial charge in [0, 0.05) is 24.2 Å². The monoisotopic (exact) mass is 196 g/mol. The molecule has 0 bridgehead atoms. The van der Waals surface area contributed by atoms with Gasteiger partial charge >= 0.3 is 0 Å². The summed E-state index contributed by atoms with van der Waals surface area (Å²) in [7, 11) is 0. The minimum atomic E-state index is 0.788. The van der Waals surface area contributed by atoms with Gasteiger partial charge in [0.15, 0.2) is 5.75 Å². The van der Waals surface area contributed by atoms with E-state index >= 15 is 0 Å². The van der Waals surface area contributed by atoms with Crippen molar-refractivity contribution < 1.29 is 4.74 Å². The number of pyridine rings is 1. The standard InChI is InChI=1S/C12H8N2O/c1-2-12-10(14-5-1)8-9-3-6-13-7-4-11(9)15-12/h1-8H. The Balaban J connectivity index is 2.17. The first-order chi connectivity index (χ1) is 7.43. The quantitative estimate of drug-likeness (QED) is 0.638. The van der Waals surface area contributed by atoms with Crippen molar-refractivity contribution in [1.29, 1.82) is 0 Å². The van der Waals surface area contributed by atoms with Crippen LogP contribution in [0.5, 0.6) is 5.75 Å². The number of hydrogen-bond acceptors (Lipinski definition) is 3. The highest BCUT2D eigenvalue weighted by molar-refractivity contribution is 5.78. The summed E-state index contributed by atoms with van der Waals surface area (Å²) in [5.74, 6) is 1.60. The van der Waals surface area contributed by atoms with Crippen LogP contribution in [0.25, 0.3) is 6.08 Å². The van der Waals surface area contributed by atoms with Gasteiger partial charge in [-0.2, -0.15) is 0 Å². The van der Waals surface area contributed by atoms with Gasteiger partial charge in [-0.1, -0.05) is 0 Å². The summed E-state index contributed by atoms with van der Waals surface area (Å²) in [5, 5.41) is 0. The second-order valence-corrected chi connectivity index (χ2v) is 3.23. The molecule has 72 valence electrons. The molecule has 0 N–H and O–H groups in total. The number of ether oxygens (including phenoxy) is 1. The van der Waals surface area contributed by atoms with Crippen LogP contribution in [0.1, 0.15) is 5.69 Å². The fraction of sp³-hybridized carbons (Fsp3) is 0. The summed E-state index contributed by atoms with van der Waals surface area (Å²) >= 11 is 0. The zero-order valence-corrected chi connectivity index (χ0v) is 7.92. The molecular weight excluding hydrogens is 188 g/mol. The average molecular weight is 196 g/mol. The van der Waals surface area contributed by atoms with E-state index in [1.165, 1.54) is 0 Å². The maximum atomic E-state index is 5.70. The third-order valence-corrected chi connectivity index (χ3v) is 2.25. The first-order valence-electron chi connectivity index (χ1n) is 4.68. The lowest BCUT2D eigenvalue weighted by molar-refractivity contribution is 0.432. The molecule has 0 amide bonds. The zero-order valence-electron chi connectivity index (χ0n) is 7.92. The number of aliphatic imine (C=N–C) groups is 1. The van der Waals surface area contributed by atoms with Crippen LogP contribution in [0.3, 0.4) is 0 Å². The van der Waals surface area contributed by atoms with Gasteiger partial charge in [-0.25, -0.2) is 0 Å². The third kappa shape index (κ3) is 1.38. The molecule has 15 heavy (non-hydrogen) atoms. The molecule has 3 nitrogen and oxygen atoms in total. The van der Waals surface area contributed by atoms with E-state index in [1.54, 1.807) is 18.6 Å². The molecule has 2 aliphatic rings. The van der Waals surface area contributed by atoms with E-state index in [0.717, 1.165) is 22.8 Å². The predicted octanol–water partition coefficient (Wildman–Crippen LogP) is 2.34. The fourth-order valence-electron chi connectivity index (χ4n) is 1.54. The van der Waals surface area contributed by atoms with E-state index in [9.17, 15) is 0 Å². The fourth-order valence-corrected chi connectivity index (χ4v) is 1.54. The van der Waals surface area contributed by atoms with E-state index in [1.807, 2.05) is 30.4 Å². The van der Waals surface area contributed by atoms with Crippen LogP contribution < -0.4 is 4.74 Å². The van der Waals surface area contributed by atoms with E-state index in [2.05, 4.69) is 9.98 Å². The Kier molecular flexibility index (Phi) is 1.75. The molecule has 0 fully saturated rings. The van der Waals surface area contributed by atoms with E-state index < -0.39 is 0 Å². The number of aromatic nitrogens is 1. The largest absolute Gasteiger partial charge is 0.454 e. The molecule has 0 spiro atoms. The Labute approximate surface area is 87.1 Å². The molecule has 0 saturated carbocycles. The summed E-state index contributed by atoms with van der Waals surface area (Å²) in [6.07, 6.45) is 11.0. The summed E-state index contributed by atoms with van der Waals surface area (Å²) in [6.45, 7) is 0. The number of nitrogens with zero attached hydrogens (tertiary/aromatic N) is 2. The summed E-state index contributed by atoms with van der Waals surface area (Å²) < 4.78 is 5.70. The average Bonchev–Trinajstić information content (AvgIpc) is 2.50. The van der Waals surface area contributed by atoms with Gasteiger partial charge in [0.25, 0.3) is 0 Å². The Bertz CT molecular complexity index is 524. The second-order valence-electron chi connectivity index (χ2n) is 3.23. The summed E-state index contributed by atoms with van der Waals surface area (Å²) in [5.41, 5.74) is 1.86. The van der Waals surface area contributed by atoms with Crippen LogP contribution in [0.4, 0.5) is 0 Å². The van der Waals surface area contributed by atoms with Crippen molar-refractivity contribution in [3.05, 3.63) is 53.7 Å². The highest BCUT2D eigenvalue weighted by Gasteiger charge is 2.15. The second kappa shape index (κ2) is 3.20. The first-order valence-corrected chi connectivity index (χ1v) is 4.68. The predicted molar refractivity (Wildman–Crippen MR) is 58.6 cm³/mol. The normalized spacial score (nSPS) is 16.8. The molecule has 2 aliphatic heterocycles. The van der Waals surface area contributed by atoms with Gasteiger partial charge in [-0.15, -0.1) is 0 Å². The Morgan fingerprint density at radius 1 is 1.27 bits per heavy atom. The molecule has 0 unspecified atom stereocenters. The summed E-state index contributed by atoms with van der Waals surface area (Å²) in [4.78, 5) is 8.27. The van der Waals surface area contributed by atoms with Crippen molar-refractivity contribution in [1.82, 2.24) is 4.98 Å². The Hall–Kier alpha value is -2.16. The zero-order chi connectivity index (χ0) is 10.1. The highest BCUT2D eigenvalue weighted by Crippen LogP contribution is 2.30. The van der Waals surface area contributed by atoms with Crippen LogP contribution >= 0.6 is 0 Å². The number of fused-ring (bicyclic) bond motifs is 2.